The van der Waals surface area contributed by atoms with Gasteiger partial charge in [0.25, 0.3) is 0 Å². The van der Waals surface area contributed by atoms with Crippen molar-refractivity contribution in [1.82, 2.24) is 14.5 Å². The van der Waals surface area contributed by atoms with Gasteiger partial charge in [0, 0.05) is 30.2 Å². The molecule has 1 aliphatic heterocycles. The first-order valence-electron chi connectivity index (χ1n) is 13.5. The Labute approximate surface area is 243 Å². The summed E-state index contributed by atoms with van der Waals surface area (Å²) in [7, 11) is 0. The zero-order valence-electron chi connectivity index (χ0n) is 22.9. The topological polar surface area (TPSA) is 86.5 Å². The molecule has 0 spiro atoms. The molecule has 220 valence electrons. The average molecular weight is 592 g/mol. The maximum absolute atomic E-state index is 15.4. The standard InChI is InChI=1S/C32H25F4N3O4/c1-17-5-6-18(23(33)9-17)16-43-30-4-2-3-27(37-30)22-14-24(34)19(10-25(22)35)13-29-38-31-26(36)11-20(32(40)41)12-28(31)39(29)15-21-7-8-42-21/h2-6,9-12,14,21H,7-8,13,15-16H2,1H3,(H,40,41)/t21-/m0/s1. The van der Waals surface area contributed by atoms with Crippen molar-refractivity contribution in [3.05, 3.63) is 112 Å². The van der Waals surface area contributed by atoms with E-state index in [4.69, 9.17) is 9.47 Å². The van der Waals surface area contributed by atoms with Crippen LogP contribution in [0.3, 0.4) is 0 Å². The second-order valence-electron chi connectivity index (χ2n) is 10.4. The first-order valence-corrected chi connectivity index (χ1v) is 13.5. The molecule has 5 aromatic rings. The highest BCUT2D eigenvalue weighted by Crippen LogP contribution is 2.30. The number of pyridine rings is 1. The van der Waals surface area contributed by atoms with E-state index in [0.717, 1.165) is 30.2 Å². The quantitative estimate of drug-likeness (QED) is 0.194. The lowest BCUT2D eigenvalue weighted by Gasteiger charge is -2.27. The van der Waals surface area contributed by atoms with Gasteiger partial charge < -0.3 is 19.1 Å². The van der Waals surface area contributed by atoms with Crippen LogP contribution in [0, 0.1) is 30.2 Å². The van der Waals surface area contributed by atoms with Gasteiger partial charge in [0.1, 0.15) is 35.4 Å². The maximum Gasteiger partial charge on any atom is 0.335 e. The van der Waals surface area contributed by atoms with E-state index in [-0.39, 0.29) is 70.8 Å². The van der Waals surface area contributed by atoms with Crippen LogP contribution in [0.5, 0.6) is 5.88 Å². The van der Waals surface area contributed by atoms with Gasteiger partial charge in [-0.05, 0) is 60.9 Å². The number of fused-ring (bicyclic) bond motifs is 1. The number of benzene rings is 3. The van der Waals surface area contributed by atoms with Crippen LogP contribution in [0.15, 0.2) is 60.7 Å². The minimum Gasteiger partial charge on any atom is -0.478 e. The fraction of sp³-hybridized carbons (Fsp3) is 0.219. The van der Waals surface area contributed by atoms with E-state index >= 15 is 8.78 Å². The number of aromatic carboxylic acids is 1. The Morgan fingerprint density at radius 3 is 2.49 bits per heavy atom. The minimum absolute atomic E-state index is 0.0338. The highest BCUT2D eigenvalue weighted by molar-refractivity contribution is 5.92. The molecule has 1 fully saturated rings. The zero-order valence-corrected chi connectivity index (χ0v) is 22.9. The molecule has 3 aromatic carbocycles. The normalized spacial score (nSPS) is 14.6. The number of aromatic nitrogens is 3. The Kier molecular flexibility index (Phi) is 7.57. The van der Waals surface area contributed by atoms with Crippen molar-refractivity contribution < 1.29 is 36.9 Å². The number of imidazole rings is 1. The van der Waals surface area contributed by atoms with Crippen LogP contribution >= 0.6 is 0 Å². The van der Waals surface area contributed by atoms with Crippen LogP contribution in [-0.2, 0) is 24.3 Å². The third kappa shape index (κ3) is 5.80. The Morgan fingerprint density at radius 1 is 0.977 bits per heavy atom. The number of aryl methyl sites for hydroxylation is 1. The van der Waals surface area contributed by atoms with Crippen LogP contribution in [0.1, 0.15) is 39.3 Å². The monoisotopic (exact) mass is 591 g/mol. The molecule has 3 heterocycles. The molecular formula is C32H25F4N3O4. The van der Waals surface area contributed by atoms with E-state index in [1.807, 2.05) is 0 Å². The number of carboxylic acids is 1. The van der Waals surface area contributed by atoms with Crippen molar-refractivity contribution in [2.45, 2.75) is 39.0 Å². The van der Waals surface area contributed by atoms with Gasteiger partial charge in [0.15, 0.2) is 5.82 Å². The first kappa shape index (κ1) is 28.4. The second kappa shape index (κ2) is 11.5. The smallest absolute Gasteiger partial charge is 0.335 e. The number of rotatable bonds is 9. The Balaban J connectivity index is 1.29. The van der Waals surface area contributed by atoms with Gasteiger partial charge in [-0.1, -0.05) is 18.2 Å². The van der Waals surface area contributed by atoms with Crippen molar-refractivity contribution in [1.29, 1.82) is 0 Å². The first-order chi connectivity index (χ1) is 20.7. The minimum atomic E-state index is -1.30. The predicted molar refractivity (Wildman–Crippen MR) is 149 cm³/mol. The van der Waals surface area contributed by atoms with Gasteiger partial charge in [0.2, 0.25) is 5.88 Å². The predicted octanol–water partition coefficient (Wildman–Crippen LogP) is 6.62. The van der Waals surface area contributed by atoms with E-state index in [1.54, 1.807) is 29.7 Å². The van der Waals surface area contributed by atoms with E-state index in [2.05, 4.69) is 9.97 Å². The molecule has 1 atom stereocenters. The molecule has 0 amide bonds. The van der Waals surface area contributed by atoms with Crippen molar-refractivity contribution in [3.63, 3.8) is 0 Å². The molecule has 0 bridgehead atoms. The number of hydrogen-bond donors (Lipinski definition) is 1. The van der Waals surface area contributed by atoms with Gasteiger partial charge in [-0.25, -0.2) is 32.3 Å². The summed E-state index contributed by atoms with van der Waals surface area (Å²) in [5, 5.41) is 9.41. The molecule has 6 rings (SSSR count). The molecule has 0 aliphatic carbocycles. The summed E-state index contributed by atoms with van der Waals surface area (Å²) < 4.78 is 72.6. The van der Waals surface area contributed by atoms with Gasteiger partial charge >= 0.3 is 5.97 Å². The fourth-order valence-corrected chi connectivity index (χ4v) is 4.98. The Bertz CT molecular complexity index is 1870. The van der Waals surface area contributed by atoms with Crippen LogP contribution in [0.2, 0.25) is 0 Å². The lowest BCUT2D eigenvalue weighted by atomic mass is 10.0. The number of ether oxygens (including phenoxy) is 2. The van der Waals surface area contributed by atoms with Crippen LogP contribution in [0.4, 0.5) is 17.6 Å². The van der Waals surface area contributed by atoms with Gasteiger partial charge in [-0.3, -0.25) is 0 Å². The van der Waals surface area contributed by atoms with E-state index in [1.165, 1.54) is 24.3 Å². The van der Waals surface area contributed by atoms with E-state index in [9.17, 15) is 18.7 Å². The summed E-state index contributed by atoms with van der Waals surface area (Å²) in [5.41, 5.74) is 0.976. The lowest BCUT2D eigenvalue weighted by molar-refractivity contribution is -0.0589. The van der Waals surface area contributed by atoms with Gasteiger partial charge in [-0.2, -0.15) is 0 Å². The summed E-state index contributed by atoms with van der Waals surface area (Å²) >= 11 is 0. The number of hydrogen-bond acceptors (Lipinski definition) is 5. The average Bonchev–Trinajstić information content (AvgIpc) is 3.29. The van der Waals surface area contributed by atoms with Crippen LogP contribution in [-0.4, -0.2) is 38.3 Å². The summed E-state index contributed by atoms with van der Waals surface area (Å²) in [5.74, 6) is -3.70. The molecule has 1 saturated heterocycles. The largest absolute Gasteiger partial charge is 0.478 e. The van der Waals surface area contributed by atoms with Crippen molar-refractivity contribution in [3.8, 4) is 17.1 Å². The summed E-state index contributed by atoms with van der Waals surface area (Å²) in [6.07, 6.45) is 0.359. The summed E-state index contributed by atoms with van der Waals surface area (Å²) in [6.45, 7) is 2.49. The molecule has 1 N–H and O–H groups in total. The summed E-state index contributed by atoms with van der Waals surface area (Å²) in [6, 6.07) is 13.6. The zero-order chi connectivity index (χ0) is 30.2. The number of carbonyl (C=O) groups is 1. The fourth-order valence-electron chi connectivity index (χ4n) is 4.98. The number of halogens is 4. The Hall–Kier alpha value is -4.77. The van der Waals surface area contributed by atoms with Crippen LogP contribution in [0.25, 0.3) is 22.3 Å². The maximum atomic E-state index is 15.4. The van der Waals surface area contributed by atoms with Gasteiger partial charge in [0.05, 0.1) is 29.4 Å². The lowest BCUT2D eigenvalue weighted by Crippen LogP contribution is -2.31. The van der Waals surface area contributed by atoms with Crippen molar-refractivity contribution in [2.75, 3.05) is 6.61 Å². The van der Waals surface area contributed by atoms with Crippen molar-refractivity contribution in [2.24, 2.45) is 0 Å². The van der Waals surface area contributed by atoms with Crippen LogP contribution < -0.4 is 4.74 Å². The van der Waals surface area contributed by atoms with Gasteiger partial charge in [-0.15, -0.1) is 0 Å². The molecule has 0 radical (unpaired) electrons. The Morgan fingerprint density at radius 2 is 1.77 bits per heavy atom. The van der Waals surface area contributed by atoms with Crippen molar-refractivity contribution >= 4 is 17.0 Å². The molecule has 1 aliphatic rings. The second-order valence-corrected chi connectivity index (χ2v) is 10.4. The summed E-state index contributed by atoms with van der Waals surface area (Å²) in [4.78, 5) is 20.1. The number of nitrogens with zero attached hydrogens (tertiary/aromatic N) is 3. The van der Waals surface area contributed by atoms with E-state index < -0.39 is 29.2 Å². The molecule has 7 nitrogen and oxygen atoms in total. The molecular weight excluding hydrogens is 566 g/mol. The number of carboxylic acid groups (broad SMARTS) is 1. The highest BCUT2D eigenvalue weighted by atomic mass is 19.1. The third-order valence-corrected chi connectivity index (χ3v) is 7.38. The molecule has 43 heavy (non-hydrogen) atoms. The SMILES string of the molecule is Cc1ccc(COc2cccc(-c3cc(F)c(Cc4nc5c(F)cc(C(=O)O)cc5n4C[C@@H]4CCO4)cc3F)n2)c(F)c1. The third-order valence-electron chi connectivity index (χ3n) is 7.38. The van der Waals surface area contributed by atoms with E-state index in [0.29, 0.717) is 12.2 Å². The highest BCUT2D eigenvalue weighted by Gasteiger charge is 2.25. The molecule has 0 unspecified atom stereocenters. The molecule has 2 aromatic heterocycles. The molecule has 0 saturated carbocycles. The molecule has 11 heteroatoms.